The zero-order valence-corrected chi connectivity index (χ0v) is 20.1. The molecule has 1 N–H and O–H groups in total. The van der Waals surface area contributed by atoms with Crippen LogP contribution in [0.5, 0.6) is 11.6 Å². The van der Waals surface area contributed by atoms with Gasteiger partial charge in [0, 0.05) is 31.2 Å². The van der Waals surface area contributed by atoms with Crippen LogP contribution in [0, 0.1) is 13.8 Å². The quantitative estimate of drug-likeness (QED) is 0.606. The Bertz CT molecular complexity index is 982. The molecule has 0 fully saturated rings. The molecular weight excluding hydrogens is 402 g/mol. The van der Waals surface area contributed by atoms with E-state index >= 15 is 0 Å². The minimum absolute atomic E-state index is 0.0537. The van der Waals surface area contributed by atoms with Crippen molar-refractivity contribution < 1.29 is 19.4 Å². The van der Waals surface area contributed by atoms with Crippen molar-refractivity contribution in [2.24, 2.45) is 0 Å². The number of carbonyl (C=O) groups is 1. The van der Waals surface area contributed by atoms with Gasteiger partial charge in [-0.3, -0.25) is 4.79 Å². The van der Waals surface area contributed by atoms with Gasteiger partial charge in [0.05, 0.1) is 6.61 Å². The Kier molecular flexibility index (Phi) is 9.06. The number of carboxylic acid groups (broad SMARTS) is 1. The van der Waals surface area contributed by atoms with E-state index in [0.717, 1.165) is 44.1 Å². The summed E-state index contributed by atoms with van der Waals surface area (Å²) in [4.78, 5) is 13.5. The van der Waals surface area contributed by atoms with Crippen LogP contribution in [0.25, 0.3) is 5.57 Å². The summed E-state index contributed by atoms with van der Waals surface area (Å²) in [6.45, 7) is 16.7. The Balaban J connectivity index is 0.000000547. The first-order chi connectivity index (χ1) is 15.3. The molecule has 0 saturated heterocycles. The molecule has 0 bridgehead atoms. The fraction of sp³-hybridized carbons (Fsp3) is 0.407. The van der Waals surface area contributed by atoms with E-state index in [-0.39, 0.29) is 6.10 Å². The van der Waals surface area contributed by atoms with Gasteiger partial charge < -0.3 is 14.6 Å². The molecule has 5 heteroatoms. The molecular formula is C27H35NO4. The number of carboxylic acids is 1. The zero-order valence-electron chi connectivity index (χ0n) is 20.1. The molecule has 2 aliphatic rings. The lowest BCUT2D eigenvalue weighted by Gasteiger charge is -2.17. The molecule has 0 spiro atoms. The number of benzene rings is 1. The lowest BCUT2D eigenvalue weighted by Crippen LogP contribution is -2.15. The van der Waals surface area contributed by atoms with Crippen LogP contribution in [0.3, 0.4) is 0 Å². The van der Waals surface area contributed by atoms with Crippen molar-refractivity contribution in [3.63, 3.8) is 0 Å². The van der Waals surface area contributed by atoms with Gasteiger partial charge in [-0.1, -0.05) is 38.6 Å². The van der Waals surface area contributed by atoms with Crippen LogP contribution in [-0.4, -0.2) is 28.8 Å². The number of pyridine rings is 1. The molecule has 0 saturated carbocycles. The summed E-state index contributed by atoms with van der Waals surface area (Å²) in [6.07, 6.45) is 4.82. The number of hydrogen-bond acceptors (Lipinski definition) is 4. The number of aryl methyl sites for hydroxylation is 2. The minimum atomic E-state index is -0.833. The van der Waals surface area contributed by atoms with Crippen molar-refractivity contribution in [1.82, 2.24) is 4.98 Å². The Morgan fingerprint density at radius 1 is 1.19 bits per heavy atom. The number of ether oxygens (including phenoxy) is 2. The van der Waals surface area contributed by atoms with Crippen LogP contribution in [0.4, 0.5) is 0 Å². The van der Waals surface area contributed by atoms with Gasteiger partial charge in [0.15, 0.2) is 0 Å². The summed E-state index contributed by atoms with van der Waals surface area (Å²) in [7, 11) is 0. The van der Waals surface area contributed by atoms with Gasteiger partial charge in [-0.2, -0.15) is 0 Å². The maximum absolute atomic E-state index is 9.00. The normalized spacial score (nSPS) is 16.1. The smallest absolute Gasteiger partial charge is 0.300 e. The molecule has 1 unspecified atom stereocenters. The number of allylic oxidation sites excluding steroid dienone is 2. The highest BCUT2D eigenvalue weighted by atomic mass is 16.5. The number of aromatic nitrogens is 1. The van der Waals surface area contributed by atoms with Crippen LogP contribution in [0.1, 0.15) is 62.8 Å². The van der Waals surface area contributed by atoms with Crippen LogP contribution in [0.15, 0.2) is 48.2 Å². The highest BCUT2D eigenvalue weighted by Crippen LogP contribution is 2.39. The topological polar surface area (TPSA) is 68.7 Å². The van der Waals surface area contributed by atoms with Crippen LogP contribution in [0.2, 0.25) is 0 Å². The van der Waals surface area contributed by atoms with Crippen LogP contribution in [-0.2, 0) is 11.2 Å². The molecule has 4 rings (SSSR count). The predicted octanol–water partition coefficient (Wildman–Crippen LogP) is 6.32. The third-order valence-electron chi connectivity index (χ3n) is 5.57. The average molecular weight is 438 g/mol. The molecule has 0 radical (unpaired) electrons. The first kappa shape index (κ1) is 25.2. The highest BCUT2D eigenvalue weighted by molar-refractivity contribution is 5.82. The Morgan fingerprint density at radius 2 is 1.81 bits per heavy atom. The van der Waals surface area contributed by atoms with Crippen LogP contribution >= 0.6 is 0 Å². The number of hydrogen-bond donors (Lipinski definition) is 1. The van der Waals surface area contributed by atoms with Crippen molar-refractivity contribution in [1.29, 1.82) is 0 Å². The fourth-order valence-electron chi connectivity index (χ4n) is 4.11. The molecule has 5 nitrogen and oxygen atoms in total. The fourth-order valence-corrected chi connectivity index (χ4v) is 4.11. The number of fused-ring (bicyclic) bond motifs is 1. The second-order valence-corrected chi connectivity index (χ2v) is 7.80. The number of rotatable bonds is 4. The van der Waals surface area contributed by atoms with E-state index < -0.39 is 5.97 Å². The van der Waals surface area contributed by atoms with Gasteiger partial charge in [0.25, 0.3) is 5.97 Å². The molecule has 32 heavy (non-hydrogen) atoms. The van der Waals surface area contributed by atoms with E-state index in [1.807, 2.05) is 26.1 Å². The zero-order chi connectivity index (χ0) is 23.8. The van der Waals surface area contributed by atoms with Gasteiger partial charge in [-0.25, -0.2) is 4.98 Å². The lowest BCUT2D eigenvalue weighted by molar-refractivity contribution is -0.134. The van der Waals surface area contributed by atoms with Crippen LogP contribution < -0.4 is 9.47 Å². The van der Waals surface area contributed by atoms with Crippen molar-refractivity contribution in [3.8, 4) is 11.6 Å². The van der Waals surface area contributed by atoms with E-state index in [1.54, 1.807) is 0 Å². The standard InChI is InChI=1S/C23H25NO2.C2H4O2.C2H6/c1-14-6-5-7-15(2)23(14)17(4)19-8-9-20(16(19)3)26-22-12-21-18(13-24-22)10-11-25-21;1-2(3)4;1-2/h5-7,12-13,20H,4,8-11H2,1-3H3;1H3,(H,3,4);1-2H3. The van der Waals surface area contributed by atoms with Crippen molar-refractivity contribution in [3.05, 3.63) is 70.4 Å². The van der Waals surface area contributed by atoms with Gasteiger partial charge in [-0.05, 0) is 67.0 Å². The molecule has 1 aromatic heterocycles. The molecule has 1 aromatic carbocycles. The first-order valence-electron chi connectivity index (χ1n) is 11.2. The summed E-state index contributed by atoms with van der Waals surface area (Å²) in [5.74, 6) is 0.726. The minimum Gasteiger partial charge on any atom is -0.493 e. The third kappa shape index (κ3) is 6.00. The maximum atomic E-state index is 9.00. The first-order valence-corrected chi connectivity index (χ1v) is 11.2. The summed E-state index contributed by atoms with van der Waals surface area (Å²) in [5.41, 5.74) is 8.71. The van der Waals surface area contributed by atoms with E-state index in [4.69, 9.17) is 19.4 Å². The second-order valence-electron chi connectivity index (χ2n) is 7.80. The highest BCUT2D eigenvalue weighted by Gasteiger charge is 2.27. The third-order valence-corrected chi connectivity index (χ3v) is 5.57. The molecule has 1 atom stereocenters. The summed E-state index contributed by atoms with van der Waals surface area (Å²) < 4.78 is 11.8. The van der Waals surface area contributed by atoms with Gasteiger partial charge in [-0.15, -0.1) is 0 Å². The van der Waals surface area contributed by atoms with E-state index in [0.29, 0.717) is 5.88 Å². The van der Waals surface area contributed by atoms with E-state index in [2.05, 4.69) is 50.5 Å². The Labute approximate surface area is 191 Å². The number of nitrogens with zero attached hydrogens (tertiary/aromatic N) is 1. The van der Waals surface area contributed by atoms with Gasteiger partial charge in [0.2, 0.25) is 5.88 Å². The summed E-state index contributed by atoms with van der Waals surface area (Å²) in [6, 6.07) is 8.33. The van der Waals surface area contributed by atoms with E-state index in [9.17, 15) is 0 Å². The Hall–Kier alpha value is -3.08. The van der Waals surface area contributed by atoms with Gasteiger partial charge >= 0.3 is 0 Å². The number of aliphatic carboxylic acids is 1. The SMILES string of the molecule is C=C(C1=C(C)C(Oc2cc3c(cn2)CCO3)CC1)c1c(C)cccc1C.CC.CC(=O)O. The maximum Gasteiger partial charge on any atom is 0.300 e. The van der Waals surface area contributed by atoms with Crippen molar-refractivity contribution >= 4 is 11.5 Å². The van der Waals surface area contributed by atoms with E-state index in [1.165, 1.54) is 33.4 Å². The summed E-state index contributed by atoms with van der Waals surface area (Å²) >= 11 is 0. The molecule has 2 aromatic rings. The molecule has 172 valence electrons. The summed E-state index contributed by atoms with van der Waals surface area (Å²) in [5, 5.41) is 7.42. The Morgan fingerprint density at radius 3 is 2.44 bits per heavy atom. The predicted molar refractivity (Wildman–Crippen MR) is 129 cm³/mol. The lowest BCUT2D eigenvalue weighted by atomic mass is 9.90. The molecule has 0 amide bonds. The van der Waals surface area contributed by atoms with Crippen molar-refractivity contribution in [2.45, 2.75) is 66.9 Å². The average Bonchev–Trinajstić information content (AvgIpc) is 3.35. The molecule has 1 aliphatic heterocycles. The van der Waals surface area contributed by atoms with Gasteiger partial charge in [0.1, 0.15) is 11.9 Å². The molecule has 2 heterocycles. The monoisotopic (exact) mass is 437 g/mol. The molecule has 1 aliphatic carbocycles. The second kappa shape index (κ2) is 11.5. The van der Waals surface area contributed by atoms with Crippen molar-refractivity contribution in [2.75, 3.05) is 6.61 Å². The largest absolute Gasteiger partial charge is 0.493 e.